The van der Waals surface area contributed by atoms with Gasteiger partial charge in [0.15, 0.2) is 9.84 Å². The lowest BCUT2D eigenvalue weighted by atomic mass is 10.2. The first kappa shape index (κ1) is 16.1. The van der Waals surface area contributed by atoms with Crippen LogP contribution in [0, 0.1) is 0 Å². The molecule has 1 heterocycles. The van der Waals surface area contributed by atoms with Gasteiger partial charge in [-0.25, -0.2) is 8.42 Å². The number of hydrogen-bond donors (Lipinski definition) is 2. The molecule has 0 aromatic rings. The maximum Gasteiger partial charge on any atom is 0.230 e. The van der Waals surface area contributed by atoms with Crippen LogP contribution in [0.3, 0.4) is 0 Å². The summed E-state index contributed by atoms with van der Waals surface area (Å²) in [5.41, 5.74) is 0. The van der Waals surface area contributed by atoms with Crippen molar-refractivity contribution in [2.24, 2.45) is 0 Å². The molecule has 1 aliphatic heterocycles. The van der Waals surface area contributed by atoms with Crippen LogP contribution in [-0.4, -0.2) is 60.0 Å². The van der Waals surface area contributed by atoms with Gasteiger partial charge in [0.05, 0.1) is 28.7 Å². The first-order chi connectivity index (χ1) is 8.34. The van der Waals surface area contributed by atoms with E-state index in [2.05, 4.69) is 5.32 Å². The first-order valence-corrected chi connectivity index (χ1v) is 9.01. The highest BCUT2D eigenvalue weighted by Crippen LogP contribution is 2.18. The Morgan fingerprint density at radius 1 is 1.56 bits per heavy atom. The summed E-state index contributed by atoms with van der Waals surface area (Å²) >= 11 is 7.31. The van der Waals surface area contributed by atoms with Crippen molar-refractivity contribution in [1.82, 2.24) is 5.32 Å². The van der Waals surface area contributed by atoms with E-state index in [-0.39, 0.29) is 35.0 Å². The molecule has 8 heteroatoms. The van der Waals surface area contributed by atoms with Gasteiger partial charge in [-0.2, -0.15) is 0 Å². The zero-order valence-corrected chi connectivity index (χ0v) is 12.5. The Balaban J connectivity index is 2.33. The number of hydrogen-bond acceptors (Lipinski definition) is 5. The molecule has 0 saturated carbocycles. The Hall–Kier alpha value is 0.0200. The molecule has 1 rings (SSSR count). The fourth-order valence-electron chi connectivity index (χ4n) is 1.67. The van der Waals surface area contributed by atoms with Crippen LogP contribution in [0.15, 0.2) is 0 Å². The van der Waals surface area contributed by atoms with E-state index in [4.69, 9.17) is 16.7 Å². The van der Waals surface area contributed by atoms with Gasteiger partial charge in [0, 0.05) is 11.9 Å². The molecule has 5 nitrogen and oxygen atoms in total. The summed E-state index contributed by atoms with van der Waals surface area (Å²) in [5, 5.41) is 11.0. The second-order valence-electron chi connectivity index (χ2n) is 4.40. The molecule has 0 radical (unpaired) electrons. The van der Waals surface area contributed by atoms with Gasteiger partial charge in [0.1, 0.15) is 0 Å². The van der Waals surface area contributed by atoms with Gasteiger partial charge in [0.2, 0.25) is 5.91 Å². The number of alkyl halides is 1. The van der Waals surface area contributed by atoms with E-state index in [0.29, 0.717) is 6.42 Å². The van der Waals surface area contributed by atoms with Crippen LogP contribution < -0.4 is 5.32 Å². The van der Waals surface area contributed by atoms with Crippen molar-refractivity contribution in [3.8, 4) is 0 Å². The monoisotopic (exact) mass is 315 g/mol. The predicted octanol–water partition coefficient (Wildman–Crippen LogP) is 0.0111. The van der Waals surface area contributed by atoms with Gasteiger partial charge in [-0.15, -0.1) is 23.4 Å². The van der Waals surface area contributed by atoms with Crippen molar-refractivity contribution < 1.29 is 18.3 Å². The van der Waals surface area contributed by atoms with Crippen molar-refractivity contribution in [3.05, 3.63) is 0 Å². The van der Waals surface area contributed by atoms with Crippen LogP contribution in [0.5, 0.6) is 0 Å². The zero-order chi connectivity index (χ0) is 13.8. The SMILES string of the molecule is CC(CCO)SCC(=O)NC1CS(=O)(=O)CC1Cl. The number of aliphatic hydroxyl groups is 1. The third kappa shape index (κ3) is 5.34. The van der Waals surface area contributed by atoms with Gasteiger partial charge in [-0.3, -0.25) is 4.79 Å². The fraction of sp³-hybridized carbons (Fsp3) is 0.900. The Morgan fingerprint density at radius 3 is 2.72 bits per heavy atom. The van der Waals surface area contributed by atoms with Crippen LogP contribution in [0.2, 0.25) is 0 Å². The molecular formula is C10H18ClNO4S2. The van der Waals surface area contributed by atoms with E-state index < -0.39 is 21.3 Å². The highest BCUT2D eigenvalue weighted by atomic mass is 35.5. The van der Waals surface area contributed by atoms with Crippen molar-refractivity contribution in [3.63, 3.8) is 0 Å². The van der Waals surface area contributed by atoms with Crippen molar-refractivity contribution >= 4 is 39.1 Å². The topological polar surface area (TPSA) is 83.5 Å². The maximum absolute atomic E-state index is 11.6. The highest BCUT2D eigenvalue weighted by Gasteiger charge is 2.37. The average Bonchev–Trinajstić information content (AvgIpc) is 2.49. The summed E-state index contributed by atoms with van der Waals surface area (Å²) in [4.78, 5) is 11.6. The summed E-state index contributed by atoms with van der Waals surface area (Å²) < 4.78 is 22.6. The minimum atomic E-state index is -3.12. The normalized spacial score (nSPS) is 27.9. The standard InChI is InChI=1S/C10H18ClNO4S2/c1-7(2-3-13)17-4-10(14)12-9-6-18(15,16)5-8(9)11/h7-9,13H,2-6H2,1H3,(H,12,14). The Labute approximate surface area is 117 Å². The number of carbonyl (C=O) groups is 1. The lowest BCUT2D eigenvalue weighted by Crippen LogP contribution is -2.41. The number of thioether (sulfide) groups is 1. The van der Waals surface area contributed by atoms with E-state index in [0.717, 1.165) is 0 Å². The molecule has 0 bridgehead atoms. The summed E-state index contributed by atoms with van der Waals surface area (Å²) in [5.74, 6) is -0.115. The number of halogens is 1. The summed E-state index contributed by atoms with van der Waals surface area (Å²) in [6, 6.07) is -0.488. The largest absolute Gasteiger partial charge is 0.396 e. The molecular weight excluding hydrogens is 298 g/mol. The third-order valence-electron chi connectivity index (χ3n) is 2.66. The van der Waals surface area contributed by atoms with Gasteiger partial charge in [-0.1, -0.05) is 6.92 Å². The van der Waals surface area contributed by atoms with Gasteiger partial charge >= 0.3 is 0 Å². The van der Waals surface area contributed by atoms with Crippen molar-refractivity contribution in [2.75, 3.05) is 23.9 Å². The fourth-order valence-corrected chi connectivity index (χ4v) is 5.01. The van der Waals surface area contributed by atoms with Crippen LogP contribution in [0.4, 0.5) is 0 Å². The lowest BCUT2D eigenvalue weighted by molar-refractivity contribution is -0.119. The molecule has 3 atom stereocenters. The second kappa shape index (κ2) is 6.98. The van der Waals surface area contributed by atoms with Crippen LogP contribution in [0.1, 0.15) is 13.3 Å². The van der Waals surface area contributed by atoms with Gasteiger partial charge in [0.25, 0.3) is 0 Å². The molecule has 1 aliphatic rings. The maximum atomic E-state index is 11.6. The number of nitrogens with one attached hydrogen (secondary N) is 1. The third-order valence-corrected chi connectivity index (χ3v) is 6.27. The van der Waals surface area contributed by atoms with Crippen molar-refractivity contribution in [2.45, 2.75) is 30.0 Å². The number of rotatable bonds is 6. The average molecular weight is 316 g/mol. The molecule has 3 unspecified atom stereocenters. The van der Waals surface area contributed by atoms with E-state index in [1.165, 1.54) is 11.8 Å². The smallest absolute Gasteiger partial charge is 0.230 e. The van der Waals surface area contributed by atoms with Crippen LogP contribution in [0.25, 0.3) is 0 Å². The van der Waals surface area contributed by atoms with E-state index in [1.54, 1.807) is 0 Å². The molecule has 0 aliphatic carbocycles. The van der Waals surface area contributed by atoms with Gasteiger partial charge < -0.3 is 10.4 Å². The summed E-state index contributed by atoms with van der Waals surface area (Å²) in [7, 11) is -3.12. The van der Waals surface area contributed by atoms with Crippen LogP contribution in [-0.2, 0) is 14.6 Å². The zero-order valence-electron chi connectivity index (χ0n) is 10.1. The summed E-state index contributed by atoms with van der Waals surface area (Å²) in [6.45, 7) is 2.03. The van der Waals surface area contributed by atoms with E-state index in [1.807, 2.05) is 6.92 Å². The quantitative estimate of drug-likeness (QED) is 0.675. The Bertz CT molecular complexity index is 387. The van der Waals surface area contributed by atoms with Gasteiger partial charge in [-0.05, 0) is 6.42 Å². The van der Waals surface area contributed by atoms with E-state index >= 15 is 0 Å². The molecule has 0 spiro atoms. The molecule has 18 heavy (non-hydrogen) atoms. The number of sulfone groups is 1. The first-order valence-electron chi connectivity index (χ1n) is 5.70. The van der Waals surface area contributed by atoms with Crippen molar-refractivity contribution in [1.29, 1.82) is 0 Å². The number of carbonyl (C=O) groups excluding carboxylic acids is 1. The lowest BCUT2D eigenvalue weighted by Gasteiger charge is -2.15. The highest BCUT2D eigenvalue weighted by molar-refractivity contribution is 8.00. The number of amides is 1. The minimum Gasteiger partial charge on any atom is -0.396 e. The Kier molecular flexibility index (Phi) is 6.23. The predicted molar refractivity (Wildman–Crippen MR) is 73.8 cm³/mol. The molecule has 1 amide bonds. The molecule has 1 saturated heterocycles. The summed E-state index contributed by atoms with van der Waals surface area (Å²) in [6.07, 6.45) is 0.633. The van der Waals surface area contributed by atoms with E-state index in [9.17, 15) is 13.2 Å². The Morgan fingerprint density at radius 2 is 2.22 bits per heavy atom. The molecule has 0 aromatic heterocycles. The molecule has 1 fully saturated rings. The molecule has 0 aromatic carbocycles. The second-order valence-corrected chi connectivity index (χ2v) is 8.54. The minimum absolute atomic E-state index is 0.0758. The molecule has 106 valence electrons. The van der Waals surface area contributed by atoms with Crippen LogP contribution >= 0.6 is 23.4 Å². The number of aliphatic hydroxyl groups excluding tert-OH is 1. The molecule has 2 N–H and O–H groups in total.